The predicted molar refractivity (Wildman–Crippen MR) is 105 cm³/mol. The molecule has 2 heterocycles. The molecule has 5 nitrogen and oxygen atoms in total. The molecule has 3 aromatic rings. The van der Waals surface area contributed by atoms with Gasteiger partial charge in [0.25, 0.3) is 5.91 Å². The Kier molecular flexibility index (Phi) is 5.80. The number of anilines is 1. The molecule has 134 valence electrons. The summed E-state index contributed by atoms with van der Waals surface area (Å²) in [5.74, 6) is -0.770. The first-order chi connectivity index (χ1) is 12.6. The van der Waals surface area contributed by atoms with Crippen LogP contribution in [0, 0.1) is 6.92 Å². The monoisotopic (exact) mass is 386 g/mol. The van der Waals surface area contributed by atoms with Gasteiger partial charge < -0.3 is 9.64 Å². The SMILES string of the molecule is CCN(C(=O)COC(=O)c1sc(-c2cccs2)nc1C)c1ccccc1. The van der Waals surface area contributed by atoms with Gasteiger partial charge in [0.2, 0.25) is 0 Å². The highest BCUT2D eigenvalue weighted by molar-refractivity contribution is 7.22. The van der Waals surface area contributed by atoms with Crippen molar-refractivity contribution in [1.82, 2.24) is 4.98 Å². The summed E-state index contributed by atoms with van der Waals surface area (Å²) in [4.78, 5) is 32.3. The molecule has 7 heteroatoms. The minimum atomic E-state index is -0.514. The third-order valence-corrected chi connectivity index (χ3v) is 5.90. The van der Waals surface area contributed by atoms with E-state index in [-0.39, 0.29) is 12.5 Å². The average Bonchev–Trinajstić information content (AvgIpc) is 3.31. The van der Waals surface area contributed by atoms with Crippen molar-refractivity contribution in [3.8, 4) is 9.88 Å². The Hall–Kier alpha value is -2.51. The van der Waals surface area contributed by atoms with Crippen LogP contribution in [-0.2, 0) is 9.53 Å². The third kappa shape index (κ3) is 4.00. The lowest BCUT2D eigenvalue weighted by atomic mass is 10.3. The number of thiazole rings is 1. The molecule has 0 atom stereocenters. The number of carbonyl (C=O) groups is 2. The summed E-state index contributed by atoms with van der Waals surface area (Å²) >= 11 is 2.85. The van der Waals surface area contributed by atoms with Crippen LogP contribution in [0.4, 0.5) is 5.69 Å². The minimum absolute atomic E-state index is 0.257. The Morgan fingerprint density at radius 3 is 2.58 bits per heavy atom. The van der Waals surface area contributed by atoms with E-state index in [1.807, 2.05) is 54.8 Å². The Labute approximate surface area is 159 Å². The minimum Gasteiger partial charge on any atom is -0.451 e. The molecule has 0 aliphatic carbocycles. The van der Waals surface area contributed by atoms with Gasteiger partial charge in [0, 0.05) is 12.2 Å². The molecular weight excluding hydrogens is 368 g/mol. The second kappa shape index (κ2) is 8.25. The van der Waals surface area contributed by atoms with E-state index in [0.717, 1.165) is 15.6 Å². The summed E-state index contributed by atoms with van der Waals surface area (Å²) in [6.07, 6.45) is 0. The first-order valence-corrected chi connectivity index (χ1v) is 9.83. The average molecular weight is 386 g/mol. The van der Waals surface area contributed by atoms with Crippen molar-refractivity contribution in [2.24, 2.45) is 0 Å². The van der Waals surface area contributed by atoms with Crippen molar-refractivity contribution in [3.63, 3.8) is 0 Å². The molecule has 2 aromatic heterocycles. The molecule has 0 bridgehead atoms. The van der Waals surface area contributed by atoms with E-state index in [1.54, 1.807) is 23.2 Å². The molecule has 0 unspecified atom stereocenters. The van der Waals surface area contributed by atoms with Gasteiger partial charge in [-0.2, -0.15) is 0 Å². The molecule has 0 aliphatic heterocycles. The maximum absolute atomic E-state index is 12.4. The Morgan fingerprint density at radius 2 is 1.92 bits per heavy atom. The van der Waals surface area contributed by atoms with Crippen LogP contribution >= 0.6 is 22.7 Å². The number of ether oxygens (including phenoxy) is 1. The number of hydrogen-bond acceptors (Lipinski definition) is 6. The van der Waals surface area contributed by atoms with Crippen LogP contribution in [0.2, 0.25) is 0 Å². The summed E-state index contributed by atoms with van der Waals surface area (Å²) in [6.45, 7) is 3.86. The van der Waals surface area contributed by atoms with Gasteiger partial charge >= 0.3 is 5.97 Å². The standard InChI is InChI=1S/C19H18N2O3S2/c1-3-21(14-8-5-4-6-9-14)16(22)12-24-19(23)17-13(2)20-18(26-17)15-10-7-11-25-15/h4-11H,3,12H2,1-2H3. The van der Waals surface area contributed by atoms with Gasteiger partial charge in [-0.1, -0.05) is 24.3 Å². The van der Waals surface area contributed by atoms with E-state index in [2.05, 4.69) is 4.98 Å². The predicted octanol–water partition coefficient (Wildman–Crippen LogP) is 4.39. The lowest BCUT2D eigenvalue weighted by Crippen LogP contribution is -2.34. The van der Waals surface area contributed by atoms with Crippen LogP contribution in [0.15, 0.2) is 47.8 Å². The molecule has 0 N–H and O–H groups in total. The fourth-order valence-electron chi connectivity index (χ4n) is 2.47. The van der Waals surface area contributed by atoms with Crippen molar-refractivity contribution in [3.05, 3.63) is 58.4 Å². The van der Waals surface area contributed by atoms with Gasteiger partial charge in [-0.05, 0) is 37.4 Å². The zero-order valence-corrected chi connectivity index (χ0v) is 16.1. The first kappa shape index (κ1) is 18.3. The van der Waals surface area contributed by atoms with Crippen LogP contribution in [0.25, 0.3) is 9.88 Å². The van der Waals surface area contributed by atoms with Gasteiger partial charge in [-0.25, -0.2) is 9.78 Å². The van der Waals surface area contributed by atoms with Crippen molar-refractivity contribution in [2.45, 2.75) is 13.8 Å². The number of likely N-dealkylation sites (N-methyl/N-ethyl adjacent to an activating group) is 1. The molecule has 3 rings (SSSR count). The van der Waals surface area contributed by atoms with Crippen LogP contribution in [0.1, 0.15) is 22.3 Å². The number of nitrogens with zero attached hydrogens (tertiary/aromatic N) is 2. The molecule has 1 aromatic carbocycles. The van der Waals surface area contributed by atoms with Crippen LogP contribution < -0.4 is 4.90 Å². The largest absolute Gasteiger partial charge is 0.451 e. The molecule has 0 spiro atoms. The van der Waals surface area contributed by atoms with Crippen molar-refractivity contribution in [2.75, 3.05) is 18.1 Å². The molecule has 0 aliphatic rings. The number of carbonyl (C=O) groups excluding carboxylic acids is 2. The summed E-state index contributed by atoms with van der Waals surface area (Å²) in [5.41, 5.74) is 1.40. The second-order valence-corrected chi connectivity index (χ2v) is 7.41. The number of esters is 1. The topological polar surface area (TPSA) is 59.5 Å². The third-order valence-electron chi connectivity index (χ3n) is 3.73. The number of rotatable bonds is 6. The van der Waals surface area contributed by atoms with Crippen LogP contribution in [0.3, 0.4) is 0 Å². The van der Waals surface area contributed by atoms with E-state index in [1.165, 1.54) is 11.3 Å². The molecule has 0 fully saturated rings. The highest BCUT2D eigenvalue weighted by atomic mass is 32.1. The van der Waals surface area contributed by atoms with Gasteiger partial charge in [-0.3, -0.25) is 4.79 Å². The van der Waals surface area contributed by atoms with Crippen molar-refractivity contribution in [1.29, 1.82) is 0 Å². The zero-order valence-electron chi connectivity index (χ0n) is 14.5. The number of aryl methyl sites for hydroxylation is 1. The maximum atomic E-state index is 12.4. The van der Waals surface area contributed by atoms with E-state index >= 15 is 0 Å². The van der Waals surface area contributed by atoms with Gasteiger partial charge in [-0.15, -0.1) is 22.7 Å². The van der Waals surface area contributed by atoms with E-state index in [9.17, 15) is 9.59 Å². The maximum Gasteiger partial charge on any atom is 0.350 e. The van der Waals surface area contributed by atoms with Crippen LogP contribution in [0.5, 0.6) is 0 Å². The Balaban J connectivity index is 1.66. The fourth-order valence-corrected chi connectivity index (χ4v) is 4.23. The summed E-state index contributed by atoms with van der Waals surface area (Å²) in [6, 6.07) is 13.2. The molecule has 0 radical (unpaired) electrons. The van der Waals surface area contributed by atoms with E-state index in [4.69, 9.17) is 4.74 Å². The van der Waals surface area contributed by atoms with Gasteiger partial charge in [0.05, 0.1) is 10.6 Å². The lowest BCUT2D eigenvalue weighted by molar-refractivity contribution is -0.121. The van der Waals surface area contributed by atoms with Gasteiger partial charge in [0.1, 0.15) is 9.88 Å². The smallest absolute Gasteiger partial charge is 0.350 e. The van der Waals surface area contributed by atoms with Crippen molar-refractivity contribution >= 4 is 40.2 Å². The summed E-state index contributed by atoms with van der Waals surface area (Å²) in [5, 5.41) is 2.75. The van der Waals surface area contributed by atoms with Crippen LogP contribution in [-0.4, -0.2) is 30.0 Å². The zero-order chi connectivity index (χ0) is 18.5. The number of aromatic nitrogens is 1. The summed E-state index contributed by atoms with van der Waals surface area (Å²) in [7, 11) is 0. The number of benzene rings is 1. The quantitative estimate of drug-likeness (QED) is 0.590. The Morgan fingerprint density at radius 1 is 1.15 bits per heavy atom. The number of hydrogen-bond donors (Lipinski definition) is 0. The van der Waals surface area contributed by atoms with Gasteiger partial charge in [0.15, 0.2) is 6.61 Å². The highest BCUT2D eigenvalue weighted by Gasteiger charge is 2.21. The first-order valence-electron chi connectivity index (χ1n) is 8.14. The van der Waals surface area contributed by atoms with Crippen molar-refractivity contribution < 1.29 is 14.3 Å². The molecule has 0 saturated heterocycles. The summed E-state index contributed by atoms with van der Waals surface area (Å²) < 4.78 is 5.25. The fraction of sp³-hybridized carbons (Fsp3) is 0.211. The molecular formula is C19H18N2O3S2. The Bertz CT molecular complexity index is 889. The normalized spacial score (nSPS) is 10.5. The highest BCUT2D eigenvalue weighted by Crippen LogP contribution is 2.31. The number of amides is 1. The number of thiophene rings is 1. The van der Waals surface area contributed by atoms with E-state index < -0.39 is 5.97 Å². The molecule has 1 amide bonds. The lowest BCUT2D eigenvalue weighted by Gasteiger charge is -2.20. The second-order valence-electron chi connectivity index (χ2n) is 5.46. The van der Waals surface area contributed by atoms with E-state index in [0.29, 0.717) is 17.1 Å². The molecule has 26 heavy (non-hydrogen) atoms. The number of para-hydroxylation sites is 1. The molecule has 0 saturated carbocycles.